The summed E-state index contributed by atoms with van der Waals surface area (Å²) in [6.45, 7) is 0. The molecule has 0 spiro atoms. The maximum Gasteiger partial charge on any atom is 0.123 e. The van der Waals surface area contributed by atoms with E-state index in [9.17, 15) is 0 Å². The van der Waals surface area contributed by atoms with E-state index in [1.807, 2.05) is 23.8 Å². The zero-order valence-electron chi connectivity index (χ0n) is 20.1. The first-order valence-electron chi connectivity index (χ1n) is 12.8. The fourth-order valence-corrected chi connectivity index (χ4v) is 6.82. The van der Waals surface area contributed by atoms with Crippen LogP contribution in [0.15, 0.2) is 103 Å². The van der Waals surface area contributed by atoms with Crippen molar-refractivity contribution in [2.24, 2.45) is 0 Å². The molecule has 0 atom stereocenters. The zero-order chi connectivity index (χ0) is 24.0. The van der Waals surface area contributed by atoms with E-state index in [0.29, 0.717) is 0 Å². The molecular weight excluding hydrogens is 458 g/mol. The standard InChI is InChI=1S/C32H27N3S/c1-5-16-32(17-6-1,30-13-4-7-18-33-30)24-14-15-27-26-11-2-3-12-28(26)35(29(27)22-24)25-10-8-9-23(21-25)31-34-19-20-36-31/h2-4,7-15,18-22H,1,5-6,16-17H2. The van der Waals surface area contributed by atoms with E-state index >= 15 is 0 Å². The second kappa shape index (κ2) is 8.72. The van der Waals surface area contributed by atoms with Gasteiger partial charge in [0.2, 0.25) is 0 Å². The SMILES string of the molecule is c1ccc(C2(c3ccc4c5ccccc5n(-c5cccc(-c6nccs6)c5)c4c3)CCCCC2)nc1. The van der Waals surface area contributed by atoms with E-state index in [0.717, 1.165) is 23.4 Å². The third kappa shape index (κ3) is 3.40. The van der Waals surface area contributed by atoms with Crippen molar-refractivity contribution in [2.45, 2.75) is 37.5 Å². The third-order valence-corrected chi connectivity index (χ3v) is 8.69. The Morgan fingerprint density at radius 3 is 2.39 bits per heavy atom. The molecule has 1 fully saturated rings. The molecule has 3 nitrogen and oxygen atoms in total. The molecule has 3 heterocycles. The molecule has 0 radical (unpaired) electrons. The van der Waals surface area contributed by atoms with Gasteiger partial charge in [0, 0.05) is 45.2 Å². The van der Waals surface area contributed by atoms with Crippen molar-refractivity contribution in [3.05, 3.63) is 114 Å². The van der Waals surface area contributed by atoms with Crippen molar-refractivity contribution in [3.8, 4) is 16.3 Å². The van der Waals surface area contributed by atoms with Gasteiger partial charge in [0.05, 0.1) is 16.7 Å². The Morgan fingerprint density at radius 2 is 1.56 bits per heavy atom. The minimum Gasteiger partial charge on any atom is -0.309 e. The molecular formula is C32H27N3S. The summed E-state index contributed by atoms with van der Waals surface area (Å²) in [7, 11) is 0. The molecule has 1 aliphatic rings. The van der Waals surface area contributed by atoms with Gasteiger partial charge in [-0.3, -0.25) is 4.98 Å². The van der Waals surface area contributed by atoms with Crippen LogP contribution in [0.4, 0.5) is 0 Å². The second-order valence-electron chi connectivity index (χ2n) is 9.83. The maximum atomic E-state index is 4.88. The lowest BCUT2D eigenvalue weighted by molar-refractivity contribution is 0.339. The Balaban J connectivity index is 1.49. The van der Waals surface area contributed by atoms with E-state index in [-0.39, 0.29) is 5.41 Å². The number of hydrogen-bond acceptors (Lipinski definition) is 3. The third-order valence-electron chi connectivity index (χ3n) is 7.87. The lowest BCUT2D eigenvalue weighted by Gasteiger charge is -2.37. The summed E-state index contributed by atoms with van der Waals surface area (Å²) in [6, 6.07) is 31.1. The fraction of sp³-hybridized carbons (Fsp3) is 0.188. The number of para-hydroxylation sites is 1. The average molecular weight is 486 g/mol. The van der Waals surface area contributed by atoms with Crippen molar-refractivity contribution >= 4 is 33.1 Å². The molecule has 0 unspecified atom stereocenters. The molecule has 4 heteroatoms. The highest BCUT2D eigenvalue weighted by Crippen LogP contribution is 2.45. The van der Waals surface area contributed by atoms with Gasteiger partial charge in [0.25, 0.3) is 0 Å². The summed E-state index contributed by atoms with van der Waals surface area (Å²) in [5.41, 5.74) is 7.37. The van der Waals surface area contributed by atoms with E-state index < -0.39 is 0 Å². The van der Waals surface area contributed by atoms with E-state index in [4.69, 9.17) is 4.98 Å². The van der Waals surface area contributed by atoms with Crippen molar-refractivity contribution in [3.63, 3.8) is 0 Å². The van der Waals surface area contributed by atoms with Gasteiger partial charge in [-0.05, 0) is 54.8 Å². The summed E-state index contributed by atoms with van der Waals surface area (Å²) in [4.78, 5) is 9.44. The number of benzene rings is 3. The molecule has 7 rings (SSSR count). The molecule has 0 saturated heterocycles. The molecule has 0 bridgehead atoms. The smallest absolute Gasteiger partial charge is 0.123 e. The monoisotopic (exact) mass is 485 g/mol. The van der Waals surface area contributed by atoms with Gasteiger partial charge in [0.15, 0.2) is 0 Å². The molecule has 36 heavy (non-hydrogen) atoms. The quantitative estimate of drug-likeness (QED) is 0.250. The number of nitrogens with zero attached hydrogens (tertiary/aromatic N) is 3. The Morgan fingerprint density at radius 1 is 0.694 bits per heavy atom. The van der Waals surface area contributed by atoms with Crippen LogP contribution in [0.5, 0.6) is 0 Å². The first kappa shape index (κ1) is 21.5. The molecule has 3 aromatic heterocycles. The van der Waals surface area contributed by atoms with Crippen molar-refractivity contribution in [1.29, 1.82) is 0 Å². The molecule has 1 saturated carbocycles. The number of thiazole rings is 1. The average Bonchev–Trinajstić information content (AvgIpc) is 3.61. The van der Waals surface area contributed by atoms with E-state index in [2.05, 4.69) is 88.4 Å². The zero-order valence-corrected chi connectivity index (χ0v) is 20.9. The summed E-state index contributed by atoms with van der Waals surface area (Å²) in [5, 5.41) is 5.67. The Kier molecular flexibility index (Phi) is 5.21. The van der Waals surface area contributed by atoms with Crippen molar-refractivity contribution < 1.29 is 0 Å². The highest BCUT2D eigenvalue weighted by Gasteiger charge is 2.37. The van der Waals surface area contributed by atoms with Crippen LogP contribution in [0, 0.1) is 0 Å². The maximum absolute atomic E-state index is 4.88. The molecule has 0 aliphatic heterocycles. The minimum absolute atomic E-state index is 0.0300. The van der Waals surface area contributed by atoms with Gasteiger partial charge in [-0.15, -0.1) is 11.3 Å². The van der Waals surface area contributed by atoms with Gasteiger partial charge >= 0.3 is 0 Å². The number of fused-ring (bicyclic) bond motifs is 3. The van der Waals surface area contributed by atoms with Crippen LogP contribution in [0.3, 0.4) is 0 Å². The van der Waals surface area contributed by atoms with Gasteiger partial charge in [-0.1, -0.05) is 67.8 Å². The summed E-state index contributed by atoms with van der Waals surface area (Å²) >= 11 is 1.68. The number of aromatic nitrogens is 3. The molecule has 3 aromatic carbocycles. The predicted molar refractivity (Wildman–Crippen MR) is 150 cm³/mol. The lowest BCUT2D eigenvalue weighted by atomic mass is 9.67. The number of hydrogen-bond donors (Lipinski definition) is 0. The van der Waals surface area contributed by atoms with Gasteiger partial charge in [-0.2, -0.15) is 0 Å². The number of pyridine rings is 1. The largest absolute Gasteiger partial charge is 0.309 e. The van der Waals surface area contributed by atoms with E-state index in [1.165, 1.54) is 58.0 Å². The highest BCUT2D eigenvalue weighted by molar-refractivity contribution is 7.13. The number of rotatable bonds is 4. The second-order valence-corrected chi connectivity index (χ2v) is 10.7. The van der Waals surface area contributed by atoms with Gasteiger partial charge in [-0.25, -0.2) is 4.98 Å². The van der Waals surface area contributed by atoms with Gasteiger partial charge < -0.3 is 4.57 Å². The topological polar surface area (TPSA) is 30.7 Å². The molecule has 176 valence electrons. The van der Waals surface area contributed by atoms with Crippen LogP contribution in [0.1, 0.15) is 43.4 Å². The van der Waals surface area contributed by atoms with Crippen LogP contribution >= 0.6 is 11.3 Å². The fourth-order valence-electron chi connectivity index (χ4n) is 6.18. The van der Waals surface area contributed by atoms with Crippen LogP contribution in [0.2, 0.25) is 0 Å². The van der Waals surface area contributed by atoms with Crippen LogP contribution < -0.4 is 0 Å². The molecule has 1 aliphatic carbocycles. The first-order chi connectivity index (χ1) is 17.8. The predicted octanol–water partition coefficient (Wildman–Crippen LogP) is 8.55. The Bertz CT molecular complexity index is 1660. The molecule has 0 amide bonds. The van der Waals surface area contributed by atoms with Crippen molar-refractivity contribution in [1.82, 2.24) is 14.5 Å². The Hall–Kier alpha value is -3.76. The summed E-state index contributed by atoms with van der Waals surface area (Å²) in [6.07, 6.45) is 9.91. The Labute approximate surface area is 215 Å². The summed E-state index contributed by atoms with van der Waals surface area (Å²) < 4.78 is 2.43. The minimum atomic E-state index is -0.0300. The summed E-state index contributed by atoms with van der Waals surface area (Å²) in [5.74, 6) is 0. The van der Waals surface area contributed by atoms with Gasteiger partial charge in [0.1, 0.15) is 5.01 Å². The normalized spacial score (nSPS) is 15.4. The van der Waals surface area contributed by atoms with Crippen LogP contribution in [0.25, 0.3) is 38.1 Å². The van der Waals surface area contributed by atoms with E-state index in [1.54, 1.807) is 11.3 Å². The van der Waals surface area contributed by atoms with Crippen LogP contribution in [-0.2, 0) is 5.41 Å². The van der Waals surface area contributed by atoms with Crippen LogP contribution in [-0.4, -0.2) is 14.5 Å². The van der Waals surface area contributed by atoms with Crippen molar-refractivity contribution in [2.75, 3.05) is 0 Å². The molecule has 6 aromatic rings. The first-order valence-corrected chi connectivity index (χ1v) is 13.7. The highest BCUT2D eigenvalue weighted by atomic mass is 32.1. The molecule has 0 N–H and O–H groups in total. The lowest BCUT2D eigenvalue weighted by Crippen LogP contribution is -2.31.